The molecule has 1 saturated carbocycles. The van der Waals surface area contributed by atoms with Crippen molar-refractivity contribution in [2.75, 3.05) is 25.0 Å². The second kappa shape index (κ2) is 6.31. The van der Waals surface area contributed by atoms with Gasteiger partial charge in [0.2, 0.25) is 0 Å². The van der Waals surface area contributed by atoms with Crippen LogP contribution in [0.2, 0.25) is 0 Å². The van der Waals surface area contributed by atoms with Crippen LogP contribution in [0.1, 0.15) is 32.1 Å². The molecule has 0 unspecified atom stereocenters. The molecule has 0 aromatic heterocycles. The van der Waals surface area contributed by atoms with E-state index in [-0.39, 0.29) is 18.9 Å². The zero-order chi connectivity index (χ0) is 17.4. The summed E-state index contributed by atoms with van der Waals surface area (Å²) < 4.78 is 28.6. The molecular weight excluding hydrogens is 314 g/mol. The molecule has 1 saturated heterocycles. The fourth-order valence-electron chi connectivity index (χ4n) is 3.55. The molecule has 0 spiro atoms. The lowest BCUT2D eigenvalue weighted by Gasteiger charge is -2.45. The lowest BCUT2D eigenvalue weighted by atomic mass is 9.75. The highest BCUT2D eigenvalue weighted by Gasteiger charge is 2.62. The molecule has 1 aliphatic heterocycles. The molecular formula is C18H24F2N2O2. The maximum atomic E-state index is 14.3. The third-order valence-corrected chi connectivity index (χ3v) is 5.50. The van der Waals surface area contributed by atoms with E-state index >= 15 is 0 Å². The van der Waals surface area contributed by atoms with Gasteiger partial charge in [-0.05, 0) is 44.2 Å². The lowest BCUT2D eigenvalue weighted by molar-refractivity contribution is -0.224. The van der Waals surface area contributed by atoms with E-state index in [9.17, 15) is 18.7 Å². The van der Waals surface area contributed by atoms with Gasteiger partial charge < -0.3 is 14.9 Å². The van der Waals surface area contributed by atoms with Crippen molar-refractivity contribution in [3.05, 3.63) is 30.3 Å². The minimum absolute atomic E-state index is 0.00104. The summed E-state index contributed by atoms with van der Waals surface area (Å²) >= 11 is 0. The number of benzene rings is 1. The summed E-state index contributed by atoms with van der Waals surface area (Å²) in [5.74, 6) is -4.89. The number of hydrogen-bond acceptors (Lipinski definition) is 3. The summed E-state index contributed by atoms with van der Waals surface area (Å²) in [5, 5.41) is 9.92. The van der Waals surface area contributed by atoms with Crippen LogP contribution in [0, 0.1) is 0 Å². The highest BCUT2D eigenvalue weighted by atomic mass is 19.3. The number of halogens is 2. The first-order chi connectivity index (χ1) is 11.3. The average molecular weight is 338 g/mol. The summed E-state index contributed by atoms with van der Waals surface area (Å²) in [7, 11) is 1.99. The van der Waals surface area contributed by atoms with E-state index in [0.29, 0.717) is 32.4 Å². The minimum atomic E-state index is -3.68. The molecule has 0 bridgehead atoms. The van der Waals surface area contributed by atoms with Crippen molar-refractivity contribution in [3.63, 3.8) is 0 Å². The third kappa shape index (κ3) is 2.88. The van der Waals surface area contributed by atoms with Crippen LogP contribution in [0.5, 0.6) is 0 Å². The van der Waals surface area contributed by atoms with Gasteiger partial charge in [0.1, 0.15) is 5.60 Å². The fraction of sp³-hybridized carbons (Fsp3) is 0.611. The van der Waals surface area contributed by atoms with Crippen molar-refractivity contribution < 1.29 is 18.7 Å². The number of para-hydroxylation sites is 1. The maximum Gasteiger partial charge on any atom is 0.352 e. The van der Waals surface area contributed by atoms with E-state index in [4.69, 9.17) is 0 Å². The topological polar surface area (TPSA) is 43.8 Å². The van der Waals surface area contributed by atoms with Gasteiger partial charge in [-0.15, -0.1) is 0 Å². The van der Waals surface area contributed by atoms with Crippen molar-refractivity contribution in [1.29, 1.82) is 0 Å². The molecule has 132 valence electrons. The van der Waals surface area contributed by atoms with Crippen molar-refractivity contribution >= 4 is 11.6 Å². The highest BCUT2D eigenvalue weighted by Crippen LogP contribution is 2.45. The van der Waals surface area contributed by atoms with Gasteiger partial charge in [-0.3, -0.25) is 4.79 Å². The van der Waals surface area contributed by atoms with Crippen LogP contribution in [0.3, 0.4) is 0 Å². The summed E-state index contributed by atoms with van der Waals surface area (Å²) in [4.78, 5) is 15.6. The quantitative estimate of drug-likeness (QED) is 0.918. The Hall–Kier alpha value is -1.69. The van der Waals surface area contributed by atoms with Crippen LogP contribution in [0.25, 0.3) is 0 Å². The van der Waals surface area contributed by atoms with Crippen LogP contribution in [-0.2, 0) is 4.79 Å². The Bertz CT molecular complexity index is 582. The molecule has 2 aliphatic rings. The lowest BCUT2D eigenvalue weighted by Crippen LogP contribution is -2.62. The molecule has 0 radical (unpaired) electrons. The van der Waals surface area contributed by atoms with Crippen LogP contribution < -0.4 is 4.90 Å². The summed E-state index contributed by atoms with van der Waals surface area (Å²) in [6.45, 7) is 0.596. The number of amides is 1. The number of carbonyl (C=O) groups excluding carboxylic acids is 1. The van der Waals surface area contributed by atoms with Crippen molar-refractivity contribution in [2.24, 2.45) is 0 Å². The molecule has 3 rings (SSSR count). The molecule has 0 atom stereocenters. The number of rotatable bonds is 4. The molecule has 2 fully saturated rings. The summed E-state index contributed by atoms with van der Waals surface area (Å²) in [6.07, 6.45) is 1.83. The normalized spacial score (nSPS) is 21.2. The first-order valence-corrected chi connectivity index (χ1v) is 8.53. The van der Waals surface area contributed by atoms with Gasteiger partial charge in [0, 0.05) is 31.9 Å². The Labute approximate surface area is 141 Å². The number of nitrogens with zero attached hydrogens (tertiary/aromatic N) is 2. The van der Waals surface area contributed by atoms with E-state index in [0.717, 1.165) is 5.69 Å². The Balaban J connectivity index is 1.60. The number of aliphatic hydroxyl groups is 1. The first-order valence-electron chi connectivity index (χ1n) is 8.53. The second-order valence-electron chi connectivity index (χ2n) is 6.93. The van der Waals surface area contributed by atoms with Crippen LogP contribution in [0.4, 0.5) is 14.5 Å². The highest BCUT2D eigenvalue weighted by molar-refractivity contribution is 5.85. The minimum Gasteiger partial charge on any atom is -0.383 e. The fourth-order valence-corrected chi connectivity index (χ4v) is 3.55. The Kier molecular flexibility index (Phi) is 4.51. The number of alkyl halides is 2. The van der Waals surface area contributed by atoms with Gasteiger partial charge in [0.05, 0.1) is 0 Å². The van der Waals surface area contributed by atoms with E-state index in [1.165, 1.54) is 4.90 Å². The predicted molar refractivity (Wildman–Crippen MR) is 88.2 cm³/mol. The Morgan fingerprint density at radius 3 is 2.33 bits per heavy atom. The largest absolute Gasteiger partial charge is 0.383 e. The van der Waals surface area contributed by atoms with Gasteiger partial charge in [0.25, 0.3) is 5.91 Å². The molecule has 4 nitrogen and oxygen atoms in total. The number of hydrogen-bond donors (Lipinski definition) is 1. The number of piperidine rings is 1. The second-order valence-corrected chi connectivity index (χ2v) is 6.93. The maximum absolute atomic E-state index is 14.3. The first kappa shape index (κ1) is 17.1. The molecule has 1 aliphatic carbocycles. The van der Waals surface area contributed by atoms with Crippen LogP contribution in [0.15, 0.2) is 30.3 Å². The molecule has 24 heavy (non-hydrogen) atoms. The van der Waals surface area contributed by atoms with Gasteiger partial charge in [-0.1, -0.05) is 18.2 Å². The van der Waals surface area contributed by atoms with Gasteiger partial charge in [-0.25, -0.2) is 0 Å². The number of anilines is 1. The molecule has 1 amide bonds. The average Bonchev–Trinajstić information content (AvgIpc) is 2.59. The smallest absolute Gasteiger partial charge is 0.352 e. The van der Waals surface area contributed by atoms with Gasteiger partial charge >= 0.3 is 5.92 Å². The van der Waals surface area contributed by atoms with Gasteiger partial charge in [0.15, 0.2) is 0 Å². The third-order valence-electron chi connectivity index (χ3n) is 5.50. The van der Waals surface area contributed by atoms with Crippen molar-refractivity contribution in [1.82, 2.24) is 4.90 Å². The van der Waals surface area contributed by atoms with E-state index < -0.39 is 17.4 Å². The van der Waals surface area contributed by atoms with Crippen molar-refractivity contribution in [2.45, 2.75) is 49.7 Å². The SMILES string of the molecule is CN(c1ccccc1)C1CCN(C(=O)C(F)(F)C2(O)CCC2)CC1. The Morgan fingerprint density at radius 1 is 1.25 bits per heavy atom. The molecule has 6 heteroatoms. The predicted octanol–water partition coefficient (Wildman–Crippen LogP) is 2.66. The Morgan fingerprint density at radius 2 is 1.83 bits per heavy atom. The molecule has 1 N–H and O–H groups in total. The molecule has 1 aromatic carbocycles. The standard InChI is InChI=1S/C18H24F2N2O2/c1-21(14-6-3-2-4-7-14)15-8-12-22(13-9-15)16(23)18(19,20)17(24)10-5-11-17/h2-4,6-7,15,24H,5,8-13H2,1H3. The van der Waals surface area contributed by atoms with Gasteiger partial charge in [-0.2, -0.15) is 8.78 Å². The van der Waals surface area contributed by atoms with E-state index in [1.54, 1.807) is 0 Å². The van der Waals surface area contributed by atoms with E-state index in [2.05, 4.69) is 4.90 Å². The zero-order valence-electron chi connectivity index (χ0n) is 13.9. The zero-order valence-corrected chi connectivity index (χ0v) is 13.9. The molecule has 1 aromatic rings. The number of carbonyl (C=O) groups is 1. The van der Waals surface area contributed by atoms with Crippen LogP contribution >= 0.6 is 0 Å². The van der Waals surface area contributed by atoms with E-state index in [1.807, 2.05) is 37.4 Å². The monoisotopic (exact) mass is 338 g/mol. The number of likely N-dealkylation sites (tertiary alicyclic amines) is 1. The molecule has 1 heterocycles. The van der Waals surface area contributed by atoms with Crippen LogP contribution in [-0.4, -0.2) is 53.6 Å². The summed E-state index contributed by atoms with van der Waals surface area (Å²) in [5.41, 5.74) is -1.06. The summed E-state index contributed by atoms with van der Waals surface area (Å²) in [6, 6.07) is 10.1. The van der Waals surface area contributed by atoms with Crippen molar-refractivity contribution in [3.8, 4) is 0 Å².